The SMILES string of the molecule is Cc1ccc(O)c(C)c1-n1nc(-c2ccc(F)cc2)c(C)c1N.NC=O. The Bertz CT molecular complexity index is 934. The highest BCUT2D eigenvalue weighted by molar-refractivity contribution is 5.70. The Hall–Kier alpha value is -3.35. The lowest BCUT2D eigenvalue weighted by Gasteiger charge is -2.12. The van der Waals surface area contributed by atoms with Crippen molar-refractivity contribution in [3.8, 4) is 22.7 Å². The number of primary amides is 1. The number of nitrogens with zero attached hydrogens (tertiary/aromatic N) is 2. The van der Waals surface area contributed by atoms with Gasteiger partial charge < -0.3 is 16.6 Å². The van der Waals surface area contributed by atoms with Crippen LogP contribution in [0.2, 0.25) is 0 Å². The van der Waals surface area contributed by atoms with Crippen LogP contribution in [0.15, 0.2) is 36.4 Å². The number of rotatable bonds is 2. The van der Waals surface area contributed by atoms with Gasteiger partial charge in [0.1, 0.15) is 17.4 Å². The molecule has 3 aromatic rings. The maximum atomic E-state index is 13.1. The molecule has 26 heavy (non-hydrogen) atoms. The van der Waals surface area contributed by atoms with E-state index < -0.39 is 0 Å². The molecular weight excluding hydrogens is 335 g/mol. The molecule has 136 valence electrons. The molecular formula is C19H21FN4O2. The molecule has 1 amide bonds. The number of phenolic OH excluding ortho intramolecular Hbond substituents is 1. The van der Waals surface area contributed by atoms with Crippen molar-refractivity contribution in [3.63, 3.8) is 0 Å². The van der Waals surface area contributed by atoms with Crippen LogP contribution < -0.4 is 11.5 Å². The number of carbonyl (C=O) groups excluding carboxylic acids is 1. The summed E-state index contributed by atoms with van der Waals surface area (Å²) in [5.41, 5.74) is 15.1. The standard InChI is InChI=1S/C18H18FN3O.CH3NO/c1-10-4-9-15(23)11(2)17(10)22-18(20)12(3)16(21-22)13-5-7-14(19)8-6-13;2-1-3/h4-9,23H,20H2,1-3H3;1H,(H2,2,3). The van der Waals surface area contributed by atoms with Gasteiger partial charge in [0.15, 0.2) is 0 Å². The minimum Gasteiger partial charge on any atom is -0.508 e. The number of aryl methyl sites for hydroxylation is 1. The number of amides is 1. The highest BCUT2D eigenvalue weighted by atomic mass is 19.1. The average Bonchev–Trinajstić information content (AvgIpc) is 2.89. The third kappa shape index (κ3) is 3.51. The van der Waals surface area contributed by atoms with Gasteiger partial charge in [-0.05, 0) is 56.7 Å². The summed E-state index contributed by atoms with van der Waals surface area (Å²) >= 11 is 0. The van der Waals surface area contributed by atoms with E-state index >= 15 is 0 Å². The maximum absolute atomic E-state index is 13.1. The number of nitrogen functional groups attached to an aromatic ring is 1. The number of aromatic hydroxyl groups is 1. The molecule has 3 rings (SSSR count). The van der Waals surface area contributed by atoms with Crippen LogP contribution in [0.3, 0.4) is 0 Å². The first-order chi connectivity index (χ1) is 12.3. The number of nitrogens with two attached hydrogens (primary N) is 2. The molecule has 0 aliphatic rings. The van der Waals surface area contributed by atoms with Gasteiger partial charge in [-0.1, -0.05) is 6.07 Å². The molecule has 1 heterocycles. The highest BCUT2D eigenvalue weighted by Crippen LogP contribution is 2.33. The molecule has 0 spiro atoms. The van der Waals surface area contributed by atoms with Crippen LogP contribution in [0.5, 0.6) is 5.75 Å². The number of hydrogen-bond donors (Lipinski definition) is 3. The number of hydrogen-bond acceptors (Lipinski definition) is 4. The first kappa shape index (κ1) is 19.0. The van der Waals surface area contributed by atoms with E-state index in [0.29, 0.717) is 17.1 Å². The fourth-order valence-electron chi connectivity index (χ4n) is 2.71. The predicted octanol–water partition coefficient (Wildman–Crippen LogP) is 2.99. The van der Waals surface area contributed by atoms with Crippen LogP contribution in [0.4, 0.5) is 10.2 Å². The second-order valence-corrected chi connectivity index (χ2v) is 5.79. The molecule has 0 aliphatic heterocycles. The average molecular weight is 356 g/mol. The number of halogens is 1. The molecule has 0 saturated heterocycles. The lowest BCUT2D eigenvalue weighted by atomic mass is 10.1. The fraction of sp³-hybridized carbons (Fsp3) is 0.158. The Balaban J connectivity index is 0.000000758. The molecule has 2 aromatic carbocycles. The van der Waals surface area contributed by atoms with Gasteiger partial charge in [0.25, 0.3) is 0 Å². The monoisotopic (exact) mass is 356 g/mol. The Morgan fingerprint density at radius 1 is 1.08 bits per heavy atom. The maximum Gasteiger partial charge on any atom is 0.204 e. The summed E-state index contributed by atoms with van der Waals surface area (Å²) in [7, 11) is 0. The second-order valence-electron chi connectivity index (χ2n) is 5.79. The van der Waals surface area contributed by atoms with Crippen molar-refractivity contribution in [3.05, 3.63) is 58.9 Å². The number of aromatic nitrogens is 2. The van der Waals surface area contributed by atoms with E-state index in [4.69, 9.17) is 10.5 Å². The smallest absolute Gasteiger partial charge is 0.204 e. The van der Waals surface area contributed by atoms with E-state index in [-0.39, 0.29) is 18.0 Å². The van der Waals surface area contributed by atoms with E-state index in [1.165, 1.54) is 12.1 Å². The molecule has 0 radical (unpaired) electrons. The minimum absolute atomic E-state index is 0.196. The first-order valence-corrected chi connectivity index (χ1v) is 7.87. The third-order valence-electron chi connectivity index (χ3n) is 4.10. The summed E-state index contributed by atoms with van der Waals surface area (Å²) in [6, 6.07) is 9.63. The molecule has 5 N–H and O–H groups in total. The van der Waals surface area contributed by atoms with Crippen molar-refractivity contribution in [1.82, 2.24) is 9.78 Å². The fourth-order valence-corrected chi connectivity index (χ4v) is 2.71. The van der Waals surface area contributed by atoms with E-state index in [1.807, 2.05) is 26.8 Å². The van der Waals surface area contributed by atoms with Crippen LogP contribution in [-0.4, -0.2) is 21.3 Å². The minimum atomic E-state index is -0.293. The highest BCUT2D eigenvalue weighted by Gasteiger charge is 2.18. The lowest BCUT2D eigenvalue weighted by molar-refractivity contribution is -0.106. The Morgan fingerprint density at radius 3 is 2.23 bits per heavy atom. The lowest BCUT2D eigenvalue weighted by Crippen LogP contribution is -2.06. The molecule has 6 nitrogen and oxygen atoms in total. The van der Waals surface area contributed by atoms with Crippen molar-refractivity contribution in [1.29, 1.82) is 0 Å². The quantitative estimate of drug-likeness (QED) is 0.614. The summed E-state index contributed by atoms with van der Waals surface area (Å²) in [4.78, 5) is 8.58. The zero-order valence-corrected chi connectivity index (χ0v) is 14.8. The van der Waals surface area contributed by atoms with Crippen LogP contribution in [0.25, 0.3) is 16.9 Å². The van der Waals surface area contributed by atoms with E-state index in [0.717, 1.165) is 22.4 Å². The number of phenols is 1. The zero-order valence-electron chi connectivity index (χ0n) is 14.8. The van der Waals surface area contributed by atoms with Crippen molar-refractivity contribution in [2.24, 2.45) is 5.73 Å². The molecule has 0 fully saturated rings. The summed E-state index contributed by atoms with van der Waals surface area (Å²) in [6.07, 6.45) is 0.250. The zero-order chi connectivity index (χ0) is 19.4. The van der Waals surface area contributed by atoms with Crippen LogP contribution >= 0.6 is 0 Å². The molecule has 0 saturated carbocycles. The van der Waals surface area contributed by atoms with E-state index in [2.05, 4.69) is 10.8 Å². The van der Waals surface area contributed by atoms with Gasteiger partial charge in [0, 0.05) is 16.7 Å². The molecule has 0 aliphatic carbocycles. The summed E-state index contributed by atoms with van der Waals surface area (Å²) in [5.74, 6) is 0.404. The third-order valence-corrected chi connectivity index (χ3v) is 4.10. The van der Waals surface area contributed by atoms with Gasteiger partial charge in [-0.3, -0.25) is 4.79 Å². The number of carbonyl (C=O) groups is 1. The second kappa shape index (κ2) is 7.69. The van der Waals surface area contributed by atoms with Gasteiger partial charge in [-0.25, -0.2) is 9.07 Å². The van der Waals surface area contributed by atoms with Gasteiger partial charge >= 0.3 is 0 Å². The summed E-state index contributed by atoms with van der Waals surface area (Å²) in [5, 5.41) is 14.6. The Kier molecular flexibility index (Phi) is 5.61. The van der Waals surface area contributed by atoms with Crippen LogP contribution in [-0.2, 0) is 4.79 Å². The number of benzene rings is 2. The topological polar surface area (TPSA) is 107 Å². The molecule has 0 bridgehead atoms. The predicted molar refractivity (Wildman–Crippen MR) is 99.5 cm³/mol. The van der Waals surface area contributed by atoms with Crippen molar-refractivity contribution >= 4 is 12.2 Å². The molecule has 1 aromatic heterocycles. The molecule has 7 heteroatoms. The van der Waals surface area contributed by atoms with Gasteiger partial charge in [-0.15, -0.1) is 0 Å². The van der Waals surface area contributed by atoms with E-state index in [9.17, 15) is 9.50 Å². The largest absolute Gasteiger partial charge is 0.508 e. The molecule has 0 atom stereocenters. The normalized spacial score (nSPS) is 10.2. The number of anilines is 1. The van der Waals surface area contributed by atoms with Crippen LogP contribution in [0, 0.1) is 26.6 Å². The van der Waals surface area contributed by atoms with Crippen molar-refractivity contribution < 1.29 is 14.3 Å². The molecule has 0 unspecified atom stereocenters. The Morgan fingerprint density at radius 2 is 1.65 bits per heavy atom. The van der Waals surface area contributed by atoms with Crippen LogP contribution in [0.1, 0.15) is 16.7 Å². The Labute approximate surface area is 150 Å². The summed E-state index contributed by atoms with van der Waals surface area (Å²) < 4.78 is 14.8. The van der Waals surface area contributed by atoms with Crippen molar-refractivity contribution in [2.45, 2.75) is 20.8 Å². The first-order valence-electron chi connectivity index (χ1n) is 7.87. The van der Waals surface area contributed by atoms with Gasteiger partial charge in [0.2, 0.25) is 6.41 Å². The van der Waals surface area contributed by atoms with E-state index in [1.54, 1.807) is 22.9 Å². The van der Waals surface area contributed by atoms with Gasteiger partial charge in [-0.2, -0.15) is 5.10 Å². The summed E-state index contributed by atoms with van der Waals surface area (Å²) in [6.45, 7) is 5.65. The van der Waals surface area contributed by atoms with Gasteiger partial charge in [0.05, 0.1) is 11.4 Å². The van der Waals surface area contributed by atoms with Crippen molar-refractivity contribution in [2.75, 3.05) is 5.73 Å².